The van der Waals surface area contributed by atoms with Crippen molar-refractivity contribution in [2.75, 3.05) is 13.1 Å². The van der Waals surface area contributed by atoms with Crippen molar-refractivity contribution in [3.63, 3.8) is 0 Å². The Kier molecular flexibility index (Phi) is 2.96. The molecule has 16 heavy (non-hydrogen) atoms. The summed E-state index contributed by atoms with van der Waals surface area (Å²) in [4.78, 5) is 0. The summed E-state index contributed by atoms with van der Waals surface area (Å²) in [6, 6.07) is 9.33. The molecule has 86 valence electrons. The van der Waals surface area contributed by atoms with Gasteiger partial charge in [-0.3, -0.25) is 0 Å². The molecule has 0 amide bonds. The molecule has 1 aromatic carbocycles. The number of hydrogen-bond acceptors (Lipinski definition) is 1. The molecule has 0 radical (unpaired) electrons. The highest BCUT2D eigenvalue weighted by molar-refractivity contribution is 5.29. The van der Waals surface area contributed by atoms with Gasteiger partial charge >= 0.3 is 0 Å². The van der Waals surface area contributed by atoms with E-state index >= 15 is 0 Å². The standard InChI is InChI=1S/C15H21N/c1-2-13(10-12-6-8-16-9-7-12)11-15(3-1)14-4-5-14/h1-3,11-12,14,16H,4-10H2. The Morgan fingerprint density at radius 1 is 1.06 bits per heavy atom. The first-order valence-corrected chi connectivity index (χ1v) is 6.71. The summed E-state index contributed by atoms with van der Waals surface area (Å²) in [7, 11) is 0. The zero-order chi connectivity index (χ0) is 10.8. The van der Waals surface area contributed by atoms with E-state index in [1.165, 1.54) is 45.2 Å². The lowest BCUT2D eigenvalue weighted by atomic mass is 9.90. The van der Waals surface area contributed by atoms with Gasteiger partial charge in [0.2, 0.25) is 0 Å². The van der Waals surface area contributed by atoms with Crippen molar-refractivity contribution in [2.24, 2.45) is 5.92 Å². The van der Waals surface area contributed by atoms with Crippen LogP contribution in [0.25, 0.3) is 0 Å². The van der Waals surface area contributed by atoms with Crippen LogP contribution in [0, 0.1) is 5.92 Å². The average Bonchev–Trinajstić information content (AvgIpc) is 3.15. The Labute approximate surface area is 98.3 Å². The van der Waals surface area contributed by atoms with Gasteiger partial charge in [0.05, 0.1) is 0 Å². The van der Waals surface area contributed by atoms with E-state index < -0.39 is 0 Å². The van der Waals surface area contributed by atoms with Crippen molar-refractivity contribution < 1.29 is 0 Å². The third-order valence-corrected chi connectivity index (χ3v) is 3.98. The number of nitrogens with one attached hydrogen (secondary N) is 1. The molecular formula is C15H21N. The lowest BCUT2D eigenvalue weighted by Gasteiger charge is -2.22. The lowest BCUT2D eigenvalue weighted by Crippen LogP contribution is -2.28. The van der Waals surface area contributed by atoms with Crippen LogP contribution in [0.4, 0.5) is 0 Å². The highest BCUT2D eigenvalue weighted by atomic mass is 14.9. The maximum absolute atomic E-state index is 3.44. The van der Waals surface area contributed by atoms with Crippen molar-refractivity contribution in [2.45, 2.75) is 38.0 Å². The van der Waals surface area contributed by atoms with Crippen LogP contribution in [-0.2, 0) is 6.42 Å². The summed E-state index contributed by atoms with van der Waals surface area (Å²) in [6.07, 6.45) is 6.83. The van der Waals surface area contributed by atoms with Crippen LogP contribution < -0.4 is 5.32 Å². The quantitative estimate of drug-likeness (QED) is 0.817. The zero-order valence-electron chi connectivity index (χ0n) is 9.91. The van der Waals surface area contributed by atoms with Crippen molar-refractivity contribution in [1.82, 2.24) is 5.32 Å². The van der Waals surface area contributed by atoms with Gasteiger partial charge in [-0.25, -0.2) is 0 Å². The molecule has 1 aliphatic heterocycles. The maximum atomic E-state index is 3.44. The van der Waals surface area contributed by atoms with Gasteiger partial charge in [0.1, 0.15) is 0 Å². The minimum absolute atomic E-state index is 0.896. The van der Waals surface area contributed by atoms with Gasteiger partial charge in [-0.1, -0.05) is 24.3 Å². The molecule has 0 bridgehead atoms. The van der Waals surface area contributed by atoms with Gasteiger partial charge in [-0.15, -0.1) is 0 Å². The summed E-state index contributed by atoms with van der Waals surface area (Å²) in [5.74, 6) is 1.81. The molecule has 1 nitrogen and oxygen atoms in total. The monoisotopic (exact) mass is 215 g/mol. The first kappa shape index (κ1) is 10.3. The molecule has 2 fully saturated rings. The Bertz CT molecular complexity index is 348. The van der Waals surface area contributed by atoms with E-state index in [4.69, 9.17) is 0 Å². The molecule has 1 aliphatic carbocycles. The number of rotatable bonds is 3. The fraction of sp³-hybridized carbons (Fsp3) is 0.600. The molecule has 0 unspecified atom stereocenters. The predicted molar refractivity (Wildman–Crippen MR) is 67.7 cm³/mol. The average molecular weight is 215 g/mol. The first-order valence-electron chi connectivity index (χ1n) is 6.71. The lowest BCUT2D eigenvalue weighted by molar-refractivity contribution is 0.372. The molecule has 1 aromatic rings. The van der Waals surface area contributed by atoms with Gasteiger partial charge in [-0.2, -0.15) is 0 Å². The second kappa shape index (κ2) is 4.58. The second-order valence-electron chi connectivity index (χ2n) is 5.42. The highest BCUT2D eigenvalue weighted by Gasteiger charge is 2.23. The van der Waals surface area contributed by atoms with Gasteiger partial charge in [-0.05, 0) is 68.2 Å². The van der Waals surface area contributed by atoms with Crippen molar-refractivity contribution in [3.8, 4) is 0 Å². The fourth-order valence-corrected chi connectivity index (χ4v) is 2.81. The predicted octanol–water partition coefficient (Wildman–Crippen LogP) is 3.11. The molecule has 3 rings (SSSR count). The number of piperidine rings is 1. The summed E-state index contributed by atoms with van der Waals surface area (Å²) in [6.45, 7) is 2.43. The molecule has 1 saturated heterocycles. The van der Waals surface area contributed by atoms with E-state index in [1.54, 1.807) is 11.1 Å². The molecule has 2 aliphatic rings. The topological polar surface area (TPSA) is 12.0 Å². The van der Waals surface area contributed by atoms with Crippen LogP contribution in [0.5, 0.6) is 0 Å². The van der Waals surface area contributed by atoms with Gasteiger partial charge in [0.25, 0.3) is 0 Å². The largest absolute Gasteiger partial charge is 0.317 e. The SMILES string of the molecule is c1cc(CC2CCNCC2)cc(C2CC2)c1. The molecule has 0 spiro atoms. The van der Waals surface area contributed by atoms with E-state index in [1.807, 2.05) is 0 Å². The second-order valence-corrected chi connectivity index (χ2v) is 5.42. The van der Waals surface area contributed by atoms with Gasteiger partial charge < -0.3 is 5.32 Å². The molecule has 1 heteroatoms. The van der Waals surface area contributed by atoms with Crippen LogP contribution in [0.2, 0.25) is 0 Å². The fourth-order valence-electron chi connectivity index (χ4n) is 2.81. The van der Waals surface area contributed by atoms with Crippen LogP contribution in [0.3, 0.4) is 0 Å². The smallest absolute Gasteiger partial charge is 0.00462 e. The highest BCUT2D eigenvalue weighted by Crippen LogP contribution is 2.40. The third-order valence-electron chi connectivity index (χ3n) is 3.98. The van der Waals surface area contributed by atoms with Crippen molar-refractivity contribution >= 4 is 0 Å². The minimum Gasteiger partial charge on any atom is -0.317 e. The molecule has 1 heterocycles. The van der Waals surface area contributed by atoms with Crippen LogP contribution in [0.1, 0.15) is 42.7 Å². The molecular weight excluding hydrogens is 194 g/mol. The summed E-state index contributed by atoms with van der Waals surface area (Å²) >= 11 is 0. The van der Waals surface area contributed by atoms with E-state index in [2.05, 4.69) is 29.6 Å². The van der Waals surface area contributed by atoms with Crippen LogP contribution >= 0.6 is 0 Å². The summed E-state index contributed by atoms with van der Waals surface area (Å²) < 4.78 is 0. The van der Waals surface area contributed by atoms with E-state index in [0.717, 1.165) is 11.8 Å². The molecule has 0 aromatic heterocycles. The summed E-state index contributed by atoms with van der Waals surface area (Å²) in [5.41, 5.74) is 3.16. The zero-order valence-corrected chi connectivity index (χ0v) is 9.91. The van der Waals surface area contributed by atoms with E-state index in [-0.39, 0.29) is 0 Å². The third kappa shape index (κ3) is 2.46. The Balaban J connectivity index is 1.66. The van der Waals surface area contributed by atoms with Crippen LogP contribution in [-0.4, -0.2) is 13.1 Å². The normalized spacial score (nSPS) is 22.2. The maximum Gasteiger partial charge on any atom is -0.00462 e. The first-order chi connectivity index (χ1) is 7.92. The Hall–Kier alpha value is -0.820. The summed E-state index contributed by atoms with van der Waals surface area (Å²) in [5, 5.41) is 3.44. The molecule has 0 atom stereocenters. The van der Waals surface area contributed by atoms with Crippen molar-refractivity contribution in [3.05, 3.63) is 35.4 Å². The molecule has 1 saturated carbocycles. The number of hydrogen-bond donors (Lipinski definition) is 1. The van der Waals surface area contributed by atoms with E-state index in [9.17, 15) is 0 Å². The van der Waals surface area contributed by atoms with Crippen LogP contribution in [0.15, 0.2) is 24.3 Å². The van der Waals surface area contributed by atoms with Crippen molar-refractivity contribution in [1.29, 1.82) is 0 Å². The minimum atomic E-state index is 0.896. The molecule has 1 N–H and O–H groups in total. The number of benzene rings is 1. The van der Waals surface area contributed by atoms with E-state index in [0.29, 0.717) is 0 Å². The Morgan fingerprint density at radius 3 is 2.62 bits per heavy atom. The van der Waals surface area contributed by atoms with Gasteiger partial charge in [0, 0.05) is 0 Å². The Morgan fingerprint density at radius 2 is 1.88 bits per heavy atom. The van der Waals surface area contributed by atoms with Gasteiger partial charge in [0.15, 0.2) is 0 Å².